The molecular weight excluding hydrogens is 284 g/mol. The third-order valence-electron chi connectivity index (χ3n) is 3.54. The van der Waals surface area contributed by atoms with Gasteiger partial charge in [-0.3, -0.25) is 4.79 Å². The van der Waals surface area contributed by atoms with Gasteiger partial charge < -0.3 is 5.32 Å². The summed E-state index contributed by atoms with van der Waals surface area (Å²) in [5.41, 5.74) is -0.230. The Bertz CT molecular complexity index is 660. The van der Waals surface area contributed by atoms with Gasteiger partial charge in [0.05, 0.1) is 10.1 Å². The molecular formula is C16H22N2O2S. The van der Waals surface area contributed by atoms with E-state index in [1.165, 1.54) is 34.8 Å². The molecule has 1 N–H and O–H groups in total. The molecule has 0 aliphatic carbocycles. The molecule has 0 saturated heterocycles. The van der Waals surface area contributed by atoms with E-state index in [-0.39, 0.29) is 17.6 Å². The van der Waals surface area contributed by atoms with Crippen LogP contribution in [-0.2, 0) is 0 Å². The summed E-state index contributed by atoms with van der Waals surface area (Å²) in [7, 11) is 0. The lowest BCUT2D eigenvalue weighted by Crippen LogP contribution is -2.38. The predicted molar refractivity (Wildman–Crippen MR) is 88.2 cm³/mol. The van der Waals surface area contributed by atoms with Crippen molar-refractivity contribution in [2.24, 2.45) is 0 Å². The highest BCUT2D eigenvalue weighted by atomic mass is 32.1. The summed E-state index contributed by atoms with van der Waals surface area (Å²) >= 11 is 1.20. The van der Waals surface area contributed by atoms with Crippen molar-refractivity contribution in [2.45, 2.75) is 52.0 Å². The van der Waals surface area contributed by atoms with Crippen LogP contribution in [-0.4, -0.2) is 16.0 Å². The fourth-order valence-electron chi connectivity index (χ4n) is 2.32. The van der Waals surface area contributed by atoms with Gasteiger partial charge >= 0.3 is 6.03 Å². The Balaban J connectivity index is 1.99. The molecule has 0 saturated carbocycles. The van der Waals surface area contributed by atoms with Crippen molar-refractivity contribution < 1.29 is 4.79 Å². The monoisotopic (exact) mass is 306 g/mol. The van der Waals surface area contributed by atoms with Crippen molar-refractivity contribution in [2.75, 3.05) is 0 Å². The first-order valence-corrected chi connectivity index (χ1v) is 8.32. The summed E-state index contributed by atoms with van der Waals surface area (Å²) in [6, 6.07) is 7.08. The van der Waals surface area contributed by atoms with Gasteiger partial charge in [-0.25, -0.2) is 4.79 Å². The van der Waals surface area contributed by atoms with E-state index in [9.17, 15) is 9.59 Å². The van der Waals surface area contributed by atoms with Gasteiger partial charge in [0.25, 0.3) is 5.56 Å². The third kappa shape index (κ3) is 3.94. The van der Waals surface area contributed by atoms with Gasteiger partial charge in [-0.1, -0.05) is 44.7 Å². The van der Waals surface area contributed by atoms with Crippen molar-refractivity contribution in [3.05, 3.63) is 34.6 Å². The maximum atomic E-state index is 12.2. The molecule has 5 heteroatoms. The van der Waals surface area contributed by atoms with E-state index in [1.807, 2.05) is 25.1 Å². The number of benzene rings is 1. The highest BCUT2D eigenvalue weighted by Crippen LogP contribution is 2.15. The van der Waals surface area contributed by atoms with Crippen LogP contribution in [0.2, 0.25) is 0 Å². The second kappa shape index (κ2) is 7.41. The van der Waals surface area contributed by atoms with E-state index < -0.39 is 0 Å². The molecule has 0 aliphatic heterocycles. The first-order chi connectivity index (χ1) is 10.1. The second-order valence-electron chi connectivity index (χ2n) is 5.39. The van der Waals surface area contributed by atoms with Crippen LogP contribution in [0.5, 0.6) is 0 Å². The van der Waals surface area contributed by atoms with Crippen LogP contribution >= 0.6 is 11.5 Å². The summed E-state index contributed by atoms with van der Waals surface area (Å²) in [5, 5.41) is 3.51. The number of fused-ring (bicyclic) bond motifs is 1. The highest BCUT2D eigenvalue weighted by molar-refractivity contribution is 7.14. The second-order valence-corrected chi connectivity index (χ2v) is 6.37. The van der Waals surface area contributed by atoms with Gasteiger partial charge in [-0.2, -0.15) is 3.96 Å². The SMILES string of the molecule is CCCCCCC(C)NC(=O)n1sc2ccccc2c1=O. The molecule has 0 fully saturated rings. The zero-order valence-electron chi connectivity index (χ0n) is 12.6. The van der Waals surface area contributed by atoms with Crippen molar-refractivity contribution in [1.82, 2.24) is 9.27 Å². The summed E-state index contributed by atoms with van der Waals surface area (Å²) in [5.74, 6) is 0. The smallest absolute Gasteiger partial charge is 0.334 e. The number of hydrogen-bond acceptors (Lipinski definition) is 3. The van der Waals surface area contributed by atoms with Gasteiger partial charge in [0.1, 0.15) is 0 Å². The molecule has 1 heterocycles. The summed E-state index contributed by atoms with van der Waals surface area (Å²) in [4.78, 5) is 24.4. The molecule has 1 amide bonds. The summed E-state index contributed by atoms with van der Waals surface area (Å²) in [6.45, 7) is 4.17. The average Bonchev–Trinajstić information content (AvgIpc) is 2.81. The van der Waals surface area contributed by atoms with Crippen LogP contribution < -0.4 is 10.9 Å². The van der Waals surface area contributed by atoms with Crippen LogP contribution in [0, 0.1) is 0 Å². The van der Waals surface area contributed by atoms with E-state index in [0.717, 1.165) is 17.5 Å². The standard InChI is InChI=1S/C16H22N2O2S/c1-3-4-5-6-9-12(2)17-16(20)18-15(19)13-10-7-8-11-14(13)21-18/h7-8,10-12H,3-6,9H2,1-2H3,(H,17,20). The Morgan fingerprint density at radius 2 is 2.05 bits per heavy atom. The van der Waals surface area contributed by atoms with Gasteiger partial charge in [-0.15, -0.1) is 0 Å². The zero-order valence-corrected chi connectivity index (χ0v) is 13.4. The minimum absolute atomic E-state index is 0.0893. The first kappa shape index (κ1) is 15.8. The van der Waals surface area contributed by atoms with E-state index in [4.69, 9.17) is 0 Å². The number of carbonyl (C=O) groups is 1. The lowest BCUT2D eigenvalue weighted by Gasteiger charge is -2.13. The largest absolute Gasteiger partial charge is 0.338 e. The van der Waals surface area contributed by atoms with Crippen LogP contribution in [0.4, 0.5) is 4.79 Å². The molecule has 0 bridgehead atoms. The minimum Gasteiger partial charge on any atom is -0.334 e. The molecule has 4 nitrogen and oxygen atoms in total. The number of aromatic nitrogens is 1. The predicted octanol–water partition coefficient (Wildman–Crippen LogP) is 3.98. The van der Waals surface area contributed by atoms with Crippen molar-refractivity contribution in [1.29, 1.82) is 0 Å². The number of carbonyl (C=O) groups excluding carboxylic acids is 1. The van der Waals surface area contributed by atoms with Crippen molar-refractivity contribution in [3.8, 4) is 0 Å². The number of rotatable bonds is 6. The van der Waals surface area contributed by atoms with Gasteiger partial charge in [0, 0.05) is 6.04 Å². The van der Waals surface area contributed by atoms with Gasteiger partial charge in [-0.05, 0) is 37.0 Å². The molecule has 1 aromatic carbocycles. The van der Waals surface area contributed by atoms with E-state index >= 15 is 0 Å². The van der Waals surface area contributed by atoms with E-state index in [2.05, 4.69) is 12.2 Å². The number of nitrogens with one attached hydrogen (secondary N) is 1. The van der Waals surface area contributed by atoms with Crippen molar-refractivity contribution >= 4 is 27.6 Å². The normalized spacial score (nSPS) is 12.5. The van der Waals surface area contributed by atoms with Crippen LogP contribution in [0.1, 0.15) is 46.0 Å². The van der Waals surface area contributed by atoms with Crippen LogP contribution in [0.25, 0.3) is 10.1 Å². The third-order valence-corrected chi connectivity index (χ3v) is 4.60. The lowest BCUT2D eigenvalue weighted by molar-refractivity contribution is 0.240. The van der Waals surface area contributed by atoms with Crippen LogP contribution in [0.3, 0.4) is 0 Å². The average molecular weight is 306 g/mol. The Labute approximate surface area is 128 Å². The Hall–Kier alpha value is -1.62. The van der Waals surface area contributed by atoms with Crippen LogP contribution in [0.15, 0.2) is 29.1 Å². The molecule has 1 unspecified atom stereocenters. The summed E-state index contributed by atoms with van der Waals surface area (Å²) in [6.07, 6.45) is 5.69. The molecule has 1 aromatic heterocycles. The molecule has 114 valence electrons. The lowest BCUT2D eigenvalue weighted by atomic mass is 10.1. The van der Waals surface area contributed by atoms with Gasteiger partial charge in [0.2, 0.25) is 0 Å². The first-order valence-electron chi connectivity index (χ1n) is 7.55. The number of amides is 1. The maximum absolute atomic E-state index is 12.2. The van der Waals surface area contributed by atoms with Gasteiger partial charge in [0.15, 0.2) is 0 Å². The number of nitrogens with zero attached hydrogens (tertiary/aromatic N) is 1. The quantitative estimate of drug-likeness (QED) is 0.821. The maximum Gasteiger partial charge on any atom is 0.338 e. The number of hydrogen-bond donors (Lipinski definition) is 1. The Morgan fingerprint density at radius 1 is 1.29 bits per heavy atom. The molecule has 2 aromatic rings. The zero-order chi connectivity index (χ0) is 15.2. The van der Waals surface area contributed by atoms with E-state index in [0.29, 0.717) is 5.39 Å². The fraction of sp³-hybridized carbons (Fsp3) is 0.500. The Morgan fingerprint density at radius 3 is 2.76 bits per heavy atom. The van der Waals surface area contributed by atoms with Crippen molar-refractivity contribution in [3.63, 3.8) is 0 Å². The number of unbranched alkanes of at least 4 members (excludes halogenated alkanes) is 3. The molecule has 0 aliphatic rings. The Kier molecular flexibility index (Phi) is 5.56. The highest BCUT2D eigenvalue weighted by Gasteiger charge is 2.15. The van der Waals surface area contributed by atoms with E-state index in [1.54, 1.807) is 6.07 Å². The molecule has 0 radical (unpaired) electrons. The fourth-order valence-corrected chi connectivity index (χ4v) is 3.23. The summed E-state index contributed by atoms with van der Waals surface area (Å²) < 4.78 is 2.06. The minimum atomic E-state index is -0.316. The molecule has 0 spiro atoms. The molecule has 1 atom stereocenters. The topological polar surface area (TPSA) is 51.1 Å². The molecule has 21 heavy (non-hydrogen) atoms. The molecule has 2 rings (SSSR count).